The van der Waals surface area contributed by atoms with E-state index in [4.69, 9.17) is 9.73 Å². The maximum atomic E-state index is 5.20. The van der Waals surface area contributed by atoms with Crippen LogP contribution in [0.5, 0.6) is 0 Å². The van der Waals surface area contributed by atoms with E-state index in [2.05, 4.69) is 66.3 Å². The Morgan fingerprint density at radius 3 is 2.76 bits per heavy atom. The van der Waals surface area contributed by atoms with Crippen LogP contribution in [0, 0.1) is 5.92 Å². The number of ether oxygens (including phenoxy) is 1. The summed E-state index contributed by atoms with van der Waals surface area (Å²) in [4.78, 5) is 6.15. The summed E-state index contributed by atoms with van der Waals surface area (Å²) in [5.41, 5.74) is 2.37. The summed E-state index contributed by atoms with van der Waals surface area (Å²) in [6.45, 7) is 7.42. The van der Waals surface area contributed by atoms with Crippen molar-refractivity contribution in [1.82, 2.24) is 10.6 Å². The quantitative estimate of drug-likeness (QED) is 0.528. The van der Waals surface area contributed by atoms with E-state index in [9.17, 15) is 0 Å². The zero-order valence-electron chi connectivity index (χ0n) is 15.4. The van der Waals surface area contributed by atoms with E-state index in [0.717, 1.165) is 25.5 Å². The van der Waals surface area contributed by atoms with Gasteiger partial charge in [-0.15, -0.1) is 11.3 Å². The number of methoxy groups -OCH3 is 1. The summed E-state index contributed by atoms with van der Waals surface area (Å²) in [6.07, 6.45) is 1.10. The van der Waals surface area contributed by atoms with E-state index >= 15 is 0 Å². The van der Waals surface area contributed by atoms with Crippen LogP contribution < -0.4 is 10.6 Å². The SMILES string of the molecule is CCNC(=NCc1cccc(COC)c1)NCC(C)Cc1cccs1. The summed E-state index contributed by atoms with van der Waals surface area (Å²) in [7, 11) is 1.72. The molecule has 1 heterocycles. The van der Waals surface area contributed by atoms with Gasteiger partial charge in [0.25, 0.3) is 0 Å². The highest BCUT2D eigenvalue weighted by atomic mass is 32.1. The van der Waals surface area contributed by atoms with Crippen molar-refractivity contribution in [2.45, 2.75) is 33.4 Å². The lowest BCUT2D eigenvalue weighted by Gasteiger charge is -2.15. The maximum Gasteiger partial charge on any atom is 0.191 e. The van der Waals surface area contributed by atoms with Crippen LogP contribution in [0.4, 0.5) is 0 Å². The second-order valence-corrected chi connectivity index (χ2v) is 7.25. The zero-order chi connectivity index (χ0) is 17.9. The summed E-state index contributed by atoms with van der Waals surface area (Å²) in [5, 5.41) is 8.92. The first-order valence-electron chi connectivity index (χ1n) is 8.82. The highest BCUT2D eigenvalue weighted by Gasteiger charge is 2.06. The molecule has 25 heavy (non-hydrogen) atoms. The Hall–Kier alpha value is -1.85. The van der Waals surface area contributed by atoms with Crippen LogP contribution in [-0.4, -0.2) is 26.2 Å². The van der Waals surface area contributed by atoms with Gasteiger partial charge in [-0.25, -0.2) is 4.99 Å². The Bertz CT molecular complexity index is 640. The molecule has 0 fully saturated rings. The molecule has 1 unspecified atom stereocenters. The van der Waals surface area contributed by atoms with Gasteiger partial charge < -0.3 is 15.4 Å². The summed E-state index contributed by atoms with van der Waals surface area (Å²) in [5.74, 6) is 1.44. The molecule has 1 aromatic carbocycles. The molecule has 0 saturated heterocycles. The Morgan fingerprint density at radius 1 is 1.20 bits per heavy atom. The van der Waals surface area contributed by atoms with Crippen LogP contribution >= 0.6 is 11.3 Å². The third-order valence-corrected chi connectivity index (χ3v) is 4.71. The molecule has 136 valence electrons. The van der Waals surface area contributed by atoms with Crippen molar-refractivity contribution in [3.05, 3.63) is 57.8 Å². The molecule has 0 aliphatic rings. The average molecular weight is 360 g/mol. The summed E-state index contributed by atoms with van der Waals surface area (Å²) in [6, 6.07) is 12.7. The Labute approximate surface area is 155 Å². The molecule has 2 aromatic rings. The molecule has 4 nitrogen and oxygen atoms in total. The predicted molar refractivity (Wildman–Crippen MR) is 107 cm³/mol. The predicted octanol–water partition coefficient (Wildman–Crippen LogP) is 3.83. The molecule has 2 N–H and O–H groups in total. The van der Waals surface area contributed by atoms with Crippen LogP contribution in [-0.2, 0) is 24.3 Å². The van der Waals surface area contributed by atoms with Crippen molar-refractivity contribution in [3.63, 3.8) is 0 Å². The Balaban J connectivity index is 1.88. The van der Waals surface area contributed by atoms with Gasteiger partial charge in [-0.3, -0.25) is 0 Å². The maximum absolute atomic E-state index is 5.20. The number of aliphatic imine (C=N–C) groups is 1. The first-order valence-corrected chi connectivity index (χ1v) is 9.70. The molecule has 5 heteroatoms. The molecular weight excluding hydrogens is 330 g/mol. The summed E-state index contributed by atoms with van der Waals surface area (Å²) < 4.78 is 5.20. The number of nitrogens with one attached hydrogen (secondary N) is 2. The lowest BCUT2D eigenvalue weighted by atomic mass is 10.1. The normalized spacial score (nSPS) is 12.8. The fraction of sp³-hybridized carbons (Fsp3) is 0.450. The monoisotopic (exact) mass is 359 g/mol. The fourth-order valence-electron chi connectivity index (χ4n) is 2.61. The number of benzene rings is 1. The van der Waals surface area contributed by atoms with Crippen molar-refractivity contribution >= 4 is 17.3 Å². The Morgan fingerprint density at radius 2 is 2.04 bits per heavy atom. The third kappa shape index (κ3) is 7.28. The molecule has 0 aliphatic heterocycles. The van der Waals surface area contributed by atoms with Gasteiger partial charge in [0, 0.05) is 25.1 Å². The van der Waals surface area contributed by atoms with Gasteiger partial charge in [-0.05, 0) is 41.8 Å². The highest BCUT2D eigenvalue weighted by Crippen LogP contribution is 2.13. The highest BCUT2D eigenvalue weighted by molar-refractivity contribution is 7.09. The van der Waals surface area contributed by atoms with Gasteiger partial charge in [0.2, 0.25) is 0 Å². The molecule has 2 rings (SSSR count). The van der Waals surface area contributed by atoms with Crippen molar-refractivity contribution in [1.29, 1.82) is 0 Å². The van der Waals surface area contributed by atoms with E-state index in [-0.39, 0.29) is 0 Å². The molecular formula is C20H29N3OS. The number of thiophene rings is 1. The molecule has 0 aliphatic carbocycles. The number of guanidine groups is 1. The molecule has 0 bridgehead atoms. The largest absolute Gasteiger partial charge is 0.380 e. The Kier molecular flexibility index (Phi) is 8.49. The standard InChI is InChI=1S/C20H29N3OS/c1-4-21-20(22-13-16(2)11-19-9-6-10-25-19)23-14-17-7-5-8-18(12-17)15-24-3/h5-10,12,16H,4,11,13-15H2,1-3H3,(H2,21,22,23). The van der Waals surface area contributed by atoms with Gasteiger partial charge in [-0.2, -0.15) is 0 Å². The lowest BCUT2D eigenvalue weighted by molar-refractivity contribution is 0.185. The third-order valence-electron chi connectivity index (χ3n) is 3.81. The van der Waals surface area contributed by atoms with Crippen molar-refractivity contribution < 1.29 is 4.74 Å². The van der Waals surface area contributed by atoms with E-state index in [0.29, 0.717) is 19.1 Å². The fourth-order valence-corrected chi connectivity index (χ4v) is 3.48. The van der Waals surface area contributed by atoms with Gasteiger partial charge in [0.15, 0.2) is 5.96 Å². The van der Waals surface area contributed by atoms with Crippen LogP contribution in [0.15, 0.2) is 46.8 Å². The molecule has 1 aromatic heterocycles. The van der Waals surface area contributed by atoms with Crippen LogP contribution in [0.25, 0.3) is 0 Å². The van der Waals surface area contributed by atoms with Crippen LogP contribution in [0.3, 0.4) is 0 Å². The van der Waals surface area contributed by atoms with Gasteiger partial charge in [0.1, 0.15) is 0 Å². The molecule has 0 radical (unpaired) electrons. The minimum atomic E-state index is 0.563. The molecule has 1 atom stereocenters. The van der Waals surface area contributed by atoms with E-state index < -0.39 is 0 Å². The van der Waals surface area contributed by atoms with Crippen molar-refractivity contribution in [2.24, 2.45) is 10.9 Å². The lowest BCUT2D eigenvalue weighted by Crippen LogP contribution is -2.39. The van der Waals surface area contributed by atoms with Gasteiger partial charge in [-0.1, -0.05) is 37.3 Å². The van der Waals surface area contributed by atoms with E-state index in [1.807, 2.05) is 11.3 Å². The van der Waals surface area contributed by atoms with Crippen LogP contribution in [0.1, 0.15) is 29.9 Å². The first kappa shape index (κ1) is 19.5. The van der Waals surface area contributed by atoms with E-state index in [1.165, 1.54) is 16.0 Å². The van der Waals surface area contributed by atoms with Crippen molar-refractivity contribution in [2.75, 3.05) is 20.2 Å². The topological polar surface area (TPSA) is 45.7 Å². The molecule has 0 saturated carbocycles. The van der Waals surface area contributed by atoms with Crippen molar-refractivity contribution in [3.8, 4) is 0 Å². The number of nitrogens with zero attached hydrogens (tertiary/aromatic N) is 1. The number of hydrogen-bond donors (Lipinski definition) is 2. The second kappa shape index (κ2) is 10.9. The summed E-state index contributed by atoms with van der Waals surface area (Å²) >= 11 is 1.82. The first-order chi connectivity index (χ1) is 12.2. The zero-order valence-corrected chi connectivity index (χ0v) is 16.2. The minimum absolute atomic E-state index is 0.563. The smallest absolute Gasteiger partial charge is 0.191 e. The second-order valence-electron chi connectivity index (χ2n) is 6.22. The number of hydrogen-bond acceptors (Lipinski definition) is 3. The van der Waals surface area contributed by atoms with Gasteiger partial charge >= 0.3 is 0 Å². The average Bonchev–Trinajstić information content (AvgIpc) is 3.11. The molecule has 0 spiro atoms. The number of rotatable bonds is 9. The van der Waals surface area contributed by atoms with Gasteiger partial charge in [0.05, 0.1) is 13.2 Å². The minimum Gasteiger partial charge on any atom is -0.380 e. The molecule has 0 amide bonds. The van der Waals surface area contributed by atoms with Crippen LogP contribution in [0.2, 0.25) is 0 Å². The van der Waals surface area contributed by atoms with E-state index in [1.54, 1.807) is 7.11 Å².